The first-order valence-electron chi connectivity index (χ1n) is 17.6. The Morgan fingerprint density at radius 1 is 0.520 bits per heavy atom. The first kappa shape index (κ1) is 28.8. The number of allylic oxidation sites excluding steroid dienone is 2. The topological polar surface area (TPSA) is 43.6 Å². The molecule has 0 fully saturated rings. The van der Waals surface area contributed by atoms with Crippen molar-refractivity contribution in [1.82, 2.24) is 19.5 Å². The standard InChI is InChI=1S/C46H34N4/c1-5-17-31(18-6-1)43-47-44(32-19-7-2-8-20-32)49-45(48-43)50-39-28-16-14-26-36(39)42-40(50)30-29-38-41(42)35-25-13-15-27-37(35)46(38,33-21-9-3-10-22-33)34-23-11-4-12-24-34/h1-3,5-10,13-23,25-30H,4,11-12,24H2. The Hall–Kier alpha value is -6.13. The maximum atomic E-state index is 5.19. The Bertz CT molecular complexity index is 2530. The number of aromatic nitrogens is 4. The van der Waals surface area contributed by atoms with E-state index in [0.29, 0.717) is 17.6 Å². The molecule has 4 heteroatoms. The molecule has 0 saturated carbocycles. The van der Waals surface area contributed by atoms with Crippen molar-refractivity contribution in [1.29, 1.82) is 0 Å². The number of hydrogen-bond acceptors (Lipinski definition) is 3. The number of nitrogens with zero attached hydrogens (tertiary/aromatic N) is 4. The van der Waals surface area contributed by atoms with Gasteiger partial charge in [-0.2, -0.15) is 9.97 Å². The average molecular weight is 643 g/mol. The van der Waals surface area contributed by atoms with Crippen LogP contribution in [0.15, 0.2) is 163 Å². The number of benzene rings is 6. The summed E-state index contributed by atoms with van der Waals surface area (Å²) >= 11 is 0. The van der Waals surface area contributed by atoms with Gasteiger partial charge in [-0.15, -0.1) is 0 Å². The number of para-hydroxylation sites is 1. The molecule has 0 bridgehead atoms. The van der Waals surface area contributed by atoms with Crippen LogP contribution >= 0.6 is 0 Å². The van der Waals surface area contributed by atoms with Gasteiger partial charge in [-0.05, 0) is 65.6 Å². The fourth-order valence-corrected chi connectivity index (χ4v) is 8.65. The van der Waals surface area contributed by atoms with Crippen molar-refractivity contribution in [3.8, 4) is 39.9 Å². The molecule has 0 radical (unpaired) electrons. The molecule has 10 rings (SSSR count). The van der Waals surface area contributed by atoms with Gasteiger partial charge in [0.1, 0.15) is 0 Å². The van der Waals surface area contributed by atoms with E-state index in [0.717, 1.165) is 35.0 Å². The molecule has 2 aromatic heterocycles. The van der Waals surface area contributed by atoms with Gasteiger partial charge < -0.3 is 0 Å². The highest BCUT2D eigenvalue weighted by Gasteiger charge is 2.48. The van der Waals surface area contributed by atoms with Crippen molar-refractivity contribution >= 4 is 21.8 Å². The minimum Gasteiger partial charge on any atom is -0.278 e. The van der Waals surface area contributed by atoms with Crippen LogP contribution in [-0.2, 0) is 5.41 Å². The fourth-order valence-electron chi connectivity index (χ4n) is 8.65. The third kappa shape index (κ3) is 4.21. The van der Waals surface area contributed by atoms with Gasteiger partial charge in [0.25, 0.3) is 0 Å². The summed E-state index contributed by atoms with van der Waals surface area (Å²) in [5.74, 6) is 1.91. The van der Waals surface area contributed by atoms with Gasteiger partial charge >= 0.3 is 0 Å². The van der Waals surface area contributed by atoms with Gasteiger partial charge in [0.15, 0.2) is 11.6 Å². The quantitative estimate of drug-likeness (QED) is 0.176. The lowest BCUT2D eigenvalue weighted by atomic mass is 9.65. The van der Waals surface area contributed by atoms with E-state index in [9.17, 15) is 0 Å². The third-order valence-electron chi connectivity index (χ3n) is 10.7. The smallest absolute Gasteiger partial charge is 0.238 e. The van der Waals surface area contributed by atoms with Crippen LogP contribution in [0.2, 0.25) is 0 Å². The number of fused-ring (bicyclic) bond motifs is 7. The molecule has 8 aromatic rings. The second-order valence-corrected chi connectivity index (χ2v) is 13.4. The predicted octanol–water partition coefficient (Wildman–Crippen LogP) is 11.1. The fraction of sp³-hybridized carbons (Fsp3) is 0.109. The molecule has 2 heterocycles. The minimum absolute atomic E-state index is 0.348. The first-order chi connectivity index (χ1) is 24.8. The molecule has 6 aromatic carbocycles. The molecule has 4 nitrogen and oxygen atoms in total. The minimum atomic E-state index is -0.348. The average Bonchev–Trinajstić information content (AvgIpc) is 3.70. The highest BCUT2D eigenvalue weighted by molar-refractivity contribution is 6.18. The van der Waals surface area contributed by atoms with Crippen LogP contribution in [0, 0.1) is 0 Å². The van der Waals surface area contributed by atoms with Gasteiger partial charge in [-0.3, -0.25) is 4.57 Å². The summed E-state index contributed by atoms with van der Waals surface area (Å²) in [5, 5.41) is 2.43. The Morgan fingerprint density at radius 2 is 1.16 bits per heavy atom. The third-order valence-corrected chi connectivity index (χ3v) is 10.7. The monoisotopic (exact) mass is 642 g/mol. The summed E-state index contributed by atoms with van der Waals surface area (Å²) in [7, 11) is 0. The molecule has 0 N–H and O–H groups in total. The molecule has 238 valence electrons. The molecular weight excluding hydrogens is 609 g/mol. The van der Waals surface area contributed by atoms with Crippen LogP contribution in [0.3, 0.4) is 0 Å². The van der Waals surface area contributed by atoms with Crippen LogP contribution in [0.25, 0.3) is 61.7 Å². The van der Waals surface area contributed by atoms with Crippen molar-refractivity contribution in [2.75, 3.05) is 0 Å². The first-order valence-corrected chi connectivity index (χ1v) is 17.6. The zero-order valence-electron chi connectivity index (χ0n) is 27.6. The Morgan fingerprint density at radius 3 is 1.86 bits per heavy atom. The molecule has 2 aliphatic carbocycles. The second-order valence-electron chi connectivity index (χ2n) is 13.4. The molecular formula is C46H34N4. The van der Waals surface area contributed by atoms with E-state index in [1.54, 1.807) is 0 Å². The Balaban J connectivity index is 1.32. The van der Waals surface area contributed by atoms with Crippen LogP contribution in [0.5, 0.6) is 0 Å². The lowest BCUT2D eigenvalue weighted by Gasteiger charge is -2.37. The van der Waals surface area contributed by atoms with E-state index in [1.807, 2.05) is 36.4 Å². The number of hydrogen-bond donors (Lipinski definition) is 0. The maximum absolute atomic E-state index is 5.19. The van der Waals surface area contributed by atoms with Crippen molar-refractivity contribution < 1.29 is 0 Å². The molecule has 1 unspecified atom stereocenters. The van der Waals surface area contributed by atoms with Gasteiger partial charge in [-0.25, -0.2) is 4.98 Å². The van der Waals surface area contributed by atoms with E-state index < -0.39 is 0 Å². The lowest BCUT2D eigenvalue weighted by molar-refractivity contribution is 0.613. The summed E-state index contributed by atoms with van der Waals surface area (Å²) in [6.07, 6.45) is 7.22. The molecule has 50 heavy (non-hydrogen) atoms. The van der Waals surface area contributed by atoms with Crippen LogP contribution in [-0.4, -0.2) is 19.5 Å². The molecule has 0 saturated heterocycles. The normalized spacial score (nSPS) is 16.7. The van der Waals surface area contributed by atoms with Gasteiger partial charge in [0.05, 0.1) is 16.4 Å². The van der Waals surface area contributed by atoms with Crippen LogP contribution < -0.4 is 0 Å². The summed E-state index contributed by atoms with van der Waals surface area (Å²) in [5.41, 5.74) is 11.9. The predicted molar refractivity (Wildman–Crippen MR) is 203 cm³/mol. The molecule has 1 atom stereocenters. The largest absolute Gasteiger partial charge is 0.278 e. The van der Waals surface area contributed by atoms with Crippen LogP contribution in [0.1, 0.15) is 42.4 Å². The van der Waals surface area contributed by atoms with Gasteiger partial charge in [0, 0.05) is 21.9 Å². The van der Waals surface area contributed by atoms with Gasteiger partial charge in [0.2, 0.25) is 5.95 Å². The van der Waals surface area contributed by atoms with E-state index in [4.69, 9.17) is 15.0 Å². The zero-order valence-corrected chi connectivity index (χ0v) is 27.6. The maximum Gasteiger partial charge on any atom is 0.238 e. The summed E-state index contributed by atoms with van der Waals surface area (Å²) in [6, 6.07) is 54.1. The van der Waals surface area contributed by atoms with E-state index in [-0.39, 0.29) is 5.41 Å². The Labute approximate surface area is 291 Å². The van der Waals surface area contributed by atoms with Crippen molar-refractivity contribution in [3.63, 3.8) is 0 Å². The SMILES string of the molecule is C1=C(C2(c3ccccc3)c3ccccc3-c3c2ccc2c3c3ccccc3n2-c2nc(-c3ccccc3)nc(-c3ccccc3)n2)CCCC1. The summed E-state index contributed by atoms with van der Waals surface area (Å²) in [6.45, 7) is 0. The van der Waals surface area contributed by atoms with Crippen molar-refractivity contribution in [2.45, 2.75) is 31.1 Å². The van der Waals surface area contributed by atoms with E-state index in [2.05, 4.69) is 126 Å². The zero-order chi connectivity index (χ0) is 33.1. The van der Waals surface area contributed by atoms with Crippen molar-refractivity contribution in [2.24, 2.45) is 0 Å². The van der Waals surface area contributed by atoms with E-state index in [1.165, 1.54) is 57.0 Å². The molecule has 0 spiro atoms. The van der Waals surface area contributed by atoms with Crippen molar-refractivity contribution in [3.05, 3.63) is 180 Å². The highest BCUT2D eigenvalue weighted by atomic mass is 15.2. The molecule has 0 amide bonds. The lowest BCUT2D eigenvalue weighted by Crippen LogP contribution is -2.30. The highest BCUT2D eigenvalue weighted by Crippen LogP contribution is 2.60. The van der Waals surface area contributed by atoms with Crippen LogP contribution in [0.4, 0.5) is 0 Å². The summed E-state index contributed by atoms with van der Waals surface area (Å²) in [4.78, 5) is 15.4. The number of rotatable bonds is 5. The molecule has 2 aliphatic rings. The summed E-state index contributed by atoms with van der Waals surface area (Å²) < 4.78 is 2.25. The van der Waals surface area contributed by atoms with E-state index >= 15 is 0 Å². The van der Waals surface area contributed by atoms with Gasteiger partial charge in [-0.1, -0.05) is 151 Å². The second kappa shape index (κ2) is 11.5. The Kier molecular flexibility index (Phi) is 6.63. The molecule has 0 aliphatic heterocycles.